The van der Waals surface area contributed by atoms with Gasteiger partial charge in [-0.25, -0.2) is 4.98 Å². The van der Waals surface area contributed by atoms with E-state index in [9.17, 15) is 9.90 Å². The molecule has 1 aliphatic heterocycles. The summed E-state index contributed by atoms with van der Waals surface area (Å²) in [4.78, 5) is 18.1. The largest absolute Gasteiger partial charge is 0.393 e. The first-order valence-electron chi connectivity index (χ1n) is 6.04. The topological polar surface area (TPSA) is 58.4 Å². The maximum atomic E-state index is 11.9. The summed E-state index contributed by atoms with van der Waals surface area (Å²) in [6, 6.07) is 0. The van der Waals surface area contributed by atoms with Crippen molar-refractivity contribution in [2.45, 2.75) is 25.9 Å². The highest BCUT2D eigenvalue weighted by atomic mass is 16.3. The monoisotopic (exact) mass is 237 g/mol. The molecule has 5 nitrogen and oxygen atoms in total. The van der Waals surface area contributed by atoms with Gasteiger partial charge in [0.1, 0.15) is 0 Å². The van der Waals surface area contributed by atoms with Gasteiger partial charge in [0, 0.05) is 32.5 Å². The number of rotatable bonds is 2. The maximum absolute atomic E-state index is 11.9. The van der Waals surface area contributed by atoms with Crippen LogP contribution in [0.3, 0.4) is 0 Å². The fourth-order valence-corrected chi connectivity index (χ4v) is 2.30. The molecule has 0 spiro atoms. The zero-order valence-corrected chi connectivity index (χ0v) is 10.3. The van der Waals surface area contributed by atoms with E-state index in [4.69, 9.17) is 0 Å². The Morgan fingerprint density at radius 2 is 2.12 bits per heavy atom. The summed E-state index contributed by atoms with van der Waals surface area (Å²) in [5.41, 5.74) is -0.0528. The predicted molar refractivity (Wildman–Crippen MR) is 66.1 cm³/mol. The average Bonchev–Trinajstić information content (AvgIpc) is 2.33. The Balaban J connectivity index is 2.11. The van der Waals surface area contributed by atoms with Crippen LogP contribution in [0.25, 0.3) is 0 Å². The Morgan fingerprint density at radius 1 is 1.47 bits per heavy atom. The van der Waals surface area contributed by atoms with Gasteiger partial charge in [0.05, 0.1) is 6.10 Å². The second kappa shape index (κ2) is 4.87. The highest BCUT2D eigenvalue weighted by Crippen LogP contribution is 2.22. The van der Waals surface area contributed by atoms with E-state index in [1.54, 1.807) is 24.0 Å². The Bertz CT molecular complexity index is 434. The molecular formula is C12H19N3O2. The van der Waals surface area contributed by atoms with Gasteiger partial charge in [0.25, 0.3) is 5.56 Å². The van der Waals surface area contributed by atoms with Crippen molar-refractivity contribution in [2.24, 2.45) is 13.0 Å². The molecule has 0 aromatic carbocycles. The summed E-state index contributed by atoms with van der Waals surface area (Å²) in [5.74, 6) is 0.873. The Labute approximate surface area is 101 Å². The van der Waals surface area contributed by atoms with Crippen LogP contribution < -0.4 is 10.5 Å². The van der Waals surface area contributed by atoms with Crippen molar-refractivity contribution in [3.05, 3.63) is 22.7 Å². The highest BCUT2D eigenvalue weighted by molar-refractivity contribution is 5.36. The van der Waals surface area contributed by atoms with Crippen molar-refractivity contribution in [3.63, 3.8) is 0 Å². The van der Waals surface area contributed by atoms with Gasteiger partial charge in [-0.05, 0) is 25.7 Å². The summed E-state index contributed by atoms with van der Waals surface area (Å²) < 4.78 is 1.54. The molecule has 1 aromatic heterocycles. The van der Waals surface area contributed by atoms with Gasteiger partial charge >= 0.3 is 0 Å². The quantitative estimate of drug-likeness (QED) is 0.807. The molecule has 2 rings (SSSR count). The molecule has 1 unspecified atom stereocenters. The van der Waals surface area contributed by atoms with Crippen LogP contribution in [0.5, 0.6) is 0 Å². The molecule has 5 heteroatoms. The van der Waals surface area contributed by atoms with Gasteiger partial charge in [0.15, 0.2) is 5.82 Å². The summed E-state index contributed by atoms with van der Waals surface area (Å²) in [6.45, 7) is 3.42. The van der Waals surface area contributed by atoms with Gasteiger partial charge in [-0.2, -0.15) is 0 Å². The summed E-state index contributed by atoms with van der Waals surface area (Å²) in [7, 11) is 1.73. The van der Waals surface area contributed by atoms with Crippen LogP contribution in [0.15, 0.2) is 17.2 Å². The fraction of sp³-hybridized carbons (Fsp3) is 0.667. The first-order valence-corrected chi connectivity index (χ1v) is 6.04. The molecule has 0 amide bonds. The number of aryl methyl sites for hydroxylation is 1. The number of aromatic nitrogens is 2. The molecule has 1 saturated heterocycles. The van der Waals surface area contributed by atoms with E-state index in [1.165, 1.54) is 0 Å². The third-order valence-electron chi connectivity index (χ3n) is 3.52. The molecule has 2 heterocycles. The zero-order chi connectivity index (χ0) is 12.4. The summed E-state index contributed by atoms with van der Waals surface area (Å²) in [5, 5.41) is 9.53. The van der Waals surface area contributed by atoms with Gasteiger partial charge in [0.2, 0.25) is 0 Å². The van der Waals surface area contributed by atoms with Gasteiger partial charge in [-0.3, -0.25) is 4.79 Å². The molecule has 94 valence electrons. The second-order valence-electron chi connectivity index (χ2n) is 4.73. The summed E-state index contributed by atoms with van der Waals surface area (Å²) in [6.07, 6.45) is 4.88. The van der Waals surface area contributed by atoms with Gasteiger partial charge in [-0.1, -0.05) is 0 Å². The van der Waals surface area contributed by atoms with Crippen LogP contribution in [0.4, 0.5) is 5.82 Å². The molecule has 1 N–H and O–H groups in total. The van der Waals surface area contributed by atoms with Crippen LogP contribution in [-0.2, 0) is 7.05 Å². The third-order valence-corrected chi connectivity index (χ3v) is 3.52. The van der Waals surface area contributed by atoms with Crippen molar-refractivity contribution in [1.29, 1.82) is 0 Å². The minimum absolute atomic E-state index is 0.0528. The minimum Gasteiger partial charge on any atom is -0.393 e. The minimum atomic E-state index is -0.260. The van der Waals surface area contributed by atoms with Crippen LogP contribution in [0, 0.1) is 5.92 Å². The Kier molecular flexibility index (Phi) is 3.47. The molecule has 1 aromatic rings. The third kappa shape index (κ3) is 2.49. The van der Waals surface area contributed by atoms with Crippen molar-refractivity contribution in [1.82, 2.24) is 9.55 Å². The molecule has 0 radical (unpaired) electrons. The molecule has 1 atom stereocenters. The van der Waals surface area contributed by atoms with E-state index >= 15 is 0 Å². The zero-order valence-electron chi connectivity index (χ0n) is 10.3. The number of hydrogen-bond acceptors (Lipinski definition) is 4. The first kappa shape index (κ1) is 12.1. The molecule has 1 aliphatic rings. The number of aliphatic hydroxyl groups excluding tert-OH is 1. The molecule has 17 heavy (non-hydrogen) atoms. The molecule has 1 fully saturated rings. The number of nitrogens with zero attached hydrogens (tertiary/aromatic N) is 3. The van der Waals surface area contributed by atoms with Crippen LogP contribution in [0.1, 0.15) is 19.8 Å². The fourth-order valence-electron chi connectivity index (χ4n) is 2.30. The Morgan fingerprint density at radius 3 is 2.71 bits per heavy atom. The van der Waals surface area contributed by atoms with Crippen LogP contribution in [-0.4, -0.2) is 33.9 Å². The van der Waals surface area contributed by atoms with Gasteiger partial charge < -0.3 is 14.6 Å². The molecule has 0 saturated carbocycles. The lowest BCUT2D eigenvalue weighted by molar-refractivity contribution is 0.109. The SMILES string of the molecule is CC(O)C1CCN(c2nccn(C)c2=O)CC1. The van der Waals surface area contributed by atoms with Crippen molar-refractivity contribution in [2.75, 3.05) is 18.0 Å². The van der Waals surface area contributed by atoms with E-state index in [1.807, 2.05) is 11.8 Å². The van der Waals surface area contributed by atoms with Crippen molar-refractivity contribution >= 4 is 5.82 Å². The number of hydrogen-bond donors (Lipinski definition) is 1. The smallest absolute Gasteiger partial charge is 0.293 e. The number of aliphatic hydroxyl groups is 1. The Hall–Kier alpha value is -1.36. The molecule has 0 aliphatic carbocycles. The number of anilines is 1. The van der Waals surface area contributed by atoms with E-state index in [-0.39, 0.29) is 11.7 Å². The first-order chi connectivity index (χ1) is 8.09. The van der Waals surface area contributed by atoms with E-state index in [0.29, 0.717) is 11.7 Å². The second-order valence-corrected chi connectivity index (χ2v) is 4.73. The van der Waals surface area contributed by atoms with Crippen molar-refractivity contribution in [3.8, 4) is 0 Å². The van der Waals surface area contributed by atoms with E-state index in [0.717, 1.165) is 25.9 Å². The van der Waals surface area contributed by atoms with E-state index < -0.39 is 0 Å². The highest BCUT2D eigenvalue weighted by Gasteiger charge is 2.24. The normalized spacial score (nSPS) is 19.4. The molecule has 0 bridgehead atoms. The lowest BCUT2D eigenvalue weighted by atomic mass is 9.92. The van der Waals surface area contributed by atoms with Crippen molar-refractivity contribution < 1.29 is 5.11 Å². The summed E-state index contributed by atoms with van der Waals surface area (Å²) >= 11 is 0. The van der Waals surface area contributed by atoms with E-state index in [2.05, 4.69) is 4.98 Å². The maximum Gasteiger partial charge on any atom is 0.293 e. The van der Waals surface area contributed by atoms with Crippen LogP contribution in [0.2, 0.25) is 0 Å². The standard InChI is InChI=1S/C12H19N3O2/c1-9(16)10-3-6-15(7-4-10)11-12(17)14(2)8-5-13-11/h5,8-10,16H,3-4,6-7H2,1-2H3. The molecular weight excluding hydrogens is 218 g/mol. The predicted octanol–water partition coefficient (Wildman–Crippen LogP) is 0.377. The average molecular weight is 237 g/mol. The van der Waals surface area contributed by atoms with Gasteiger partial charge in [-0.15, -0.1) is 0 Å². The van der Waals surface area contributed by atoms with Crippen LogP contribution >= 0.6 is 0 Å². The lowest BCUT2D eigenvalue weighted by Gasteiger charge is -2.33. The lowest BCUT2D eigenvalue weighted by Crippen LogP contribution is -2.40. The number of piperidine rings is 1.